The van der Waals surface area contributed by atoms with Gasteiger partial charge in [-0.1, -0.05) is 23.2 Å². The molecule has 0 aliphatic rings. The second-order valence-electron chi connectivity index (χ2n) is 3.50. The van der Waals surface area contributed by atoms with Gasteiger partial charge in [-0.15, -0.1) is 0 Å². The van der Waals surface area contributed by atoms with E-state index in [-0.39, 0.29) is 0 Å². The number of pyridine rings is 1. The van der Waals surface area contributed by atoms with Gasteiger partial charge in [0.2, 0.25) is 5.88 Å². The number of ether oxygens (including phenoxy) is 1. The molecule has 96 valence electrons. The normalized spacial score (nSPS) is 10.6. The fourth-order valence-electron chi connectivity index (χ4n) is 1.33. The van der Waals surface area contributed by atoms with Crippen LogP contribution in [0.15, 0.2) is 24.7 Å². The number of rotatable bonds is 6. The van der Waals surface area contributed by atoms with Crippen LogP contribution in [-0.2, 0) is 6.54 Å². The van der Waals surface area contributed by atoms with Crippen molar-refractivity contribution in [3.05, 3.63) is 40.5 Å². The summed E-state index contributed by atoms with van der Waals surface area (Å²) in [4.78, 5) is 11.1. The number of hydrogen-bond acceptors (Lipinski definition) is 4. The molecular formula is C11H12Cl2N4O. The highest BCUT2D eigenvalue weighted by atomic mass is 35.5. The Balaban J connectivity index is 1.69. The second kappa shape index (κ2) is 6.58. The largest absolute Gasteiger partial charge is 0.475 e. The number of nitrogens with zero attached hydrogens (tertiary/aromatic N) is 2. The summed E-state index contributed by atoms with van der Waals surface area (Å²) in [5.41, 5.74) is 0. The third-order valence-corrected chi connectivity index (χ3v) is 2.62. The molecule has 0 aliphatic carbocycles. The molecule has 2 aromatic rings. The zero-order chi connectivity index (χ0) is 12.8. The predicted octanol–water partition coefficient (Wildman–Crippen LogP) is 2.28. The highest BCUT2D eigenvalue weighted by Gasteiger charge is 2.03. The molecule has 0 radical (unpaired) electrons. The first-order chi connectivity index (χ1) is 8.75. The van der Waals surface area contributed by atoms with E-state index in [0.717, 1.165) is 5.82 Å². The molecule has 0 unspecified atom stereocenters. The maximum atomic E-state index is 5.92. The third kappa shape index (κ3) is 3.87. The van der Waals surface area contributed by atoms with E-state index in [1.807, 2.05) is 0 Å². The Kier molecular flexibility index (Phi) is 4.81. The molecular weight excluding hydrogens is 275 g/mol. The summed E-state index contributed by atoms with van der Waals surface area (Å²) in [5.74, 6) is 1.28. The molecule has 2 N–H and O–H groups in total. The summed E-state index contributed by atoms with van der Waals surface area (Å²) < 4.78 is 5.42. The number of aromatic amines is 1. The highest BCUT2D eigenvalue weighted by molar-refractivity contribution is 6.35. The monoisotopic (exact) mass is 286 g/mol. The van der Waals surface area contributed by atoms with Gasteiger partial charge in [-0.2, -0.15) is 0 Å². The average molecular weight is 287 g/mol. The van der Waals surface area contributed by atoms with Crippen molar-refractivity contribution in [3.8, 4) is 5.88 Å². The van der Waals surface area contributed by atoms with E-state index in [4.69, 9.17) is 27.9 Å². The molecule has 2 rings (SSSR count). The molecule has 0 aliphatic heterocycles. The maximum Gasteiger partial charge on any atom is 0.232 e. The van der Waals surface area contributed by atoms with E-state index in [0.29, 0.717) is 35.6 Å². The zero-order valence-corrected chi connectivity index (χ0v) is 11.0. The Morgan fingerprint density at radius 3 is 2.94 bits per heavy atom. The summed E-state index contributed by atoms with van der Waals surface area (Å²) in [6.45, 7) is 1.80. The molecule has 0 spiro atoms. The summed E-state index contributed by atoms with van der Waals surface area (Å²) in [7, 11) is 0. The molecule has 0 aromatic carbocycles. The van der Waals surface area contributed by atoms with Gasteiger partial charge in [0.1, 0.15) is 17.5 Å². The van der Waals surface area contributed by atoms with Crippen molar-refractivity contribution in [2.24, 2.45) is 0 Å². The lowest BCUT2D eigenvalue weighted by Gasteiger charge is -2.07. The van der Waals surface area contributed by atoms with Gasteiger partial charge >= 0.3 is 0 Å². The Hall–Kier alpha value is -1.30. The van der Waals surface area contributed by atoms with Gasteiger partial charge in [0.15, 0.2) is 0 Å². The maximum absolute atomic E-state index is 5.92. The topological polar surface area (TPSA) is 62.8 Å². The first kappa shape index (κ1) is 13.1. The molecule has 0 saturated heterocycles. The molecule has 0 fully saturated rings. The molecule has 5 nitrogen and oxygen atoms in total. The second-order valence-corrected chi connectivity index (χ2v) is 4.35. The highest BCUT2D eigenvalue weighted by Crippen LogP contribution is 2.24. The fraction of sp³-hybridized carbons (Fsp3) is 0.273. The number of imidazole rings is 1. The van der Waals surface area contributed by atoms with Gasteiger partial charge in [0, 0.05) is 25.1 Å². The quantitative estimate of drug-likeness (QED) is 0.800. The summed E-state index contributed by atoms with van der Waals surface area (Å²) in [5, 5.41) is 4.07. The van der Waals surface area contributed by atoms with Crippen molar-refractivity contribution < 1.29 is 4.74 Å². The number of halogens is 2. The smallest absolute Gasteiger partial charge is 0.232 e. The van der Waals surface area contributed by atoms with Crippen molar-refractivity contribution in [1.82, 2.24) is 20.3 Å². The molecule has 0 atom stereocenters. The summed E-state index contributed by atoms with van der Waals surface area (Å²) in [6.07, 6.45) is 4.99. The number of H-pyrrole nitrogens is 1. The van der Waals surface area contributed by atoms with Crippen molar-refractivity contribution in [1.29, 1.82) is 0 Å². The minimum Gasteiger partial charge on any atom is -0.475 e. The van der Waals surface area contributed by atoms with Crippen LogP contribution in [0.5, 0.6) is 5.88 Å². The van der Waals surface area contributed by atoms with E-state index in [2.05, 4.69) is 20.3 Å². The van der Waals surface area contributed by atoms with E-state index in [9.17, 15) is 0 Å². The van der Waals surface area contributed by atoms with E-state index >= 15 is 0 Å². The van der Waals surface area contributed by atoms with Crippen LogP contribution in [0, 0.1) is 0 Å². The molecule has 7 heteroatoms. The molecule has 0 bridgehead atoms. The lowest BCUT2D eigenvalue weighted by Crippen LogP contribution is -2.21. The van der Waals surface area contributed by atoms with Gasteiger partial charge in [-0.05, 0) is 6.07 Å². The average Bonchev–Trinajstić information content (AvgIpc) is 2.84. The molecule has 0 saturated carbocycles. The number of nitrogens with one attached hydrogen (secondary N) is 2. The van der Waals surface area contributed by atoms with E-state index in [1.165, 1.54) is 6.20 Å². The SMILES string of the molecule is Clc1cnc(OCCNCc2ncc[nH]2)c(Cl)c1. The molecule has 18 heavy (non-hydrogen) atoms. The zero-order valence-electron chi connectivity index (χ0n) is 9.49. The Labute approximate surface area is 115 Å². The van der Waals surface area contributed by atoms with Crippen LogP contribution >= 0.6 is 23.2 Å². The lowest BCUT2D eigenvalue weighted by atomic mass is 10.5. The van der Waals surface area contributed by atoms with Crippen LogP contribution in [0.25, 0.3) is 0 Å². The Bertz CT molecular complexity index is 490. The van der Waals surface area contributed by atoms with Crippen molar-refractivity contribution in [2.75, 3.05) is 13.2 Å². The summed E-state index contributed by atoms with van der Waals surface area (Å²) in [6, 6.07) is 1.60. The van der Waals surface area contributed by atoms with Crippen molar-refractivity contribution >= 4 is 23.2 Å². The lowest BCUT2D eigenvalue weighted by molar-refractivity contribution is 0.302. The molecule has 2 heterocycles. The summed E-state index contributed by atoms with van der Waals surface area (Å²) >= 11 is 11.6. The third-order valence-electron chi connectivity index (χ3n) is 2.14. The fourth-order valence-corrected chi connectivity index (χ4v) is 1.76. The first-order valence-corrected chi connectivity index (χ1v) is 6.14. The number of aromatic nitrogens is 3. The Morgan fingerprint density at radius 1 is 1.33 bits per heavy atom. The molecule has 0 amide bonds. The van der Waals surface area contributed by atoms with Crippen molar-refractivity contribution in [3.63, 3.8) is 0 Å². The standard InChI is InChI=1S/C11H12Cl2N4O/c12-8-5-9(13)11(17-6-8)18-4-3-14-7-10-15-1-2-16-10/h1-2,5-6,14H,3-4,7H2,(H,15,16). The van der Waals surface area contributed by atoms with Crippen LogP contribution in [0.3, 0.4) is 0 Å². The Morgan fingerprint density at radius 2 is 2.22 bits per heavy atom. The van der Waals surface area contributed by atoms with Crippen LogP contribution in [0.4, 0.5) is 0 Å². The van der Waals surface area contributed by atoms with Crippen LogP contribution in [-0.4, -0.2) is 28.1 Å². The van der Waals surface area contributed by atoms with Gasteiger partial charge in [0.25, 0.3) is 0 Å². The van der Waals surface area contributed by atoms with Gasteiger partial charge in [-0.3, -0.25) is 0 Å². The van der Waals surface area contributed by atoms with Gasteiger partial charge < -0.3 is 15.0 Å². The van der Waals surface area contributed by atoms with Crippen LogP contribution < -0.4 is 10.1 Å². The van der Waals surface area contributed by atoms with Gasteiger partial charge in [-0.25, -0.2) is 9.97 Å². The number of hydrogen-bond donors (Lipinski definition) is 2. The van der Waals surface area contributed by atoms with E-state index in [1.54, 1.807) is 18.5 Å². The minimum atomic E-state index is 0.390. The minimum absolute atomic E-state index is 0.390. The first-order valence-electron chi connectivity index (χ1n) is 5.38. The van der Waals surface area contributed by atoms with E-state index < -0.39 is 0 Å². The van der Waals surface area contributed by atoms with Crippen molar-refractivity contribution in [2.45, 2.75) is 6.54 Å². The molecule has 2 aromatic heterocycles. The van der Waals surface area contributed by atoms with Gasteiger partial charge in [0.05, 0.1) is 11.6 Å². The van der Waals surface area contributed by atoms with Crippen LogP contribution in [0.1, 0.15) is 5.82 Å². The predicted molar refractivity (Wildman–Crippen MR) is 70.0 cm³/mol. The van der Waals surface area contributed by atoms with Crippen LogP contribution in [0.2, 0.25) is 10.0 Å².